The number of aryl methyl sites for hydroxylation is 3. The Balaban J connectivity index is 2.02. The van der Waals surface area contributed by atoms with Crippen LogP contribution in [0.4, 0.5) is 10.5 Å². The largest absolute Gasteiger partial charge is 0.410 e. The molecule has 0 radical (unpaired) electrons. The average Bonchev–Trinajstić information content (AvgIpc) is 2.82. The van der Waals surface area contributed by atoms with E-state index in [0.29, 0.717) is 12.3 Å². The second-order valence-electron chi connectivity index (χ2n) is 5.88. The maximum atomic E-state index is 11.1. The van der Waals surface area contributed by atoms with Gasteiger partial charge in [-0.1, -0.05) is 28.1 Å². The zero-order chi connectivity index (χ0) is 18.1. The van der Waals surface area contributed by atoms with Gasteiger partial charge in [-0.25, -0.2) is 9.78 Å². The Hall–Kier alpha value is -2.54. The number of imidazole rings is 1. The third kappa shape index (κ3) is 3.46. The molecule has 1 amide bonds. The van der Waals surface area contributed by atoms with Crippen molar-refractivity contribution in [2.45, 2.75) is 27.3 Å². The van der Waals surface area contributed by atoms with Crippen molar-refractivity contribution < 1.29 is 9.53 Å². The first-order valence-corrected chi connectivity index (χ1v) is 8.60. The Morgan fingerprint density at radius 1 is 1.36 bits per heavy atom. The number of carbonyl (C=O) groups is 1. The van der Waals surface area contributed by atoms with E-state index in [1.807, 2.05) is 30.4 Å². The van der Waals surface area contributed by atoms with E-state index in [-0.39, 0.29) is 0 Å². The molecule has 0 saturated heterocycles. The molecule has 0 bridgehead atoms. The summed E-state index contributed by atoms with van der Waals surface area (Å²) in [4.78, 5) is 15.7. The molecule has 7 heteroatoms. The van der Waals surface area contributed by atoms with E-state index in [0.717, 1.165) is 32.8 Å². The van der Waals surface area contributed by atoms with Gasteiger partial charge in [-0.2, -0.15) is 0 Å². The molecule has 0 saturated carbocycles. The third-order valence-electron chi connectivity index (χ3n) is 4.20. The molecular formula is C18H19BrN4O2. The predicted molar refractivity (Wildman–Crippen MR) is 101 cm³/mol. The fourth-order valence-electron chi connectivity index (χ4n) is 2.72. The van der Waals surface area contributed by atoms with Gasteiger partial charge in [-0.05, 0) is 38.0 Å². The van der Waals surface area contributed by atoms with Crippen LogP contribution in [0.3, 0.4) is 0 Å². The number of aromatic nitrogens is 2. The molecule has 6 nitrogen and oxygen atoms in total. The van der Waals surface area contributed by atoms with E-state index < -0.39 is 6.09 Å². The van der Waals surface area contributed by atoms with Crippen molar-refractivity contribution in [3.8, 4) is 5.75 Å². The number of primary amides is 1. The van der Waals surface area contributed by atoms with Gasteiger partial charge in [-0.15, -0.1) is 0 Å². The van der Waals surface area contributed by atoms with E-state index >= 15 is 0 Å². The number of ether oxygens (including phenoxy) is 1. The predicted octanol–water partition coefficient (Wildman–Crippen LogP) is 4.09. The molecule has 0 spiro atoms. The summed E-state index contributed by atoms with van der Waals surface area (Å²) >= 11 is 3.59. The van der Waals surface area contributed by atoms with Gasteiger partial charge in [0.15, 0.2) is 11.4 Å². The average molecular weight is 403 g/mol. The van der Waals surface area contributed by atoms with Crippen molar-refractivity contribution in [2.75, 3.05) is 5.32 Å². The van der Waals surface area contributed by atoms with E-state index in [4.69, 9.17) is 10.5 Å². The van der Waals surface area contributed by atoms with Crippen LogP contribution in [0.1, 0.15) is 22.5 Å². The number of hydrogen-bond acceptors (Lipinski definition) is 4. The second-order valence-corrected chi connectivity index (χ2v) is 6.73. The number of nitrogens with one attached hydrogen (secondary N) is 1. The van der Waals surface area contributed by atoms with Gasteiger partial charge in [0, 0.05) is 22.8 Å². The minimum atomic E-state index is -0.846. The van der Waals surface area contributed by atoms with E-state index in [1.54, 1.807) is 12.3 Å². The minimum Gasteiger partial charge on any atom is -0.409 e. The first-order valence-electron chi connectivity index (χ1n) is 7.81. The lowest BCUT2D eigenvalue weighted by molar-refractivity contribution is 0.210. The fourth-order valence-corrected chi connectivity index (χ4v) is 3.33. The molecule has 0 unspecified atom stereocenters. The molecule has 0 aliphatic heterocycles. The summed E-state index contributed by atoms with van der Waals surface area (Å²) in [5.41, 5.74) is 10.9. The lowest BCUT2D eigenvalue weighted by atomic mass is 10.1. The molecule has 1 aromatic carbocycles. The molecule has 130 valence electrons. The maximum Gasteiger partial charge on any atom is 0.410 e. The van der Waals surface area contributed by atoms with Crippen LogP contribution in [-0.4, -0.2) is 15.5 Å². The van der Waals surface area contributed by atoms with Gasteiger partial charge in [0.05, 0.1) is 17.6 Å². The van der Waals surface area contributed by atoms with Crippen LogP contribution in [0.25, 0.3) is 5.65 Å². The number of rotatable bonds is 4. The van der Waals surface area contributed by atoms with Crippen LogP contribution in [-0.2, 0) is 6.54 Å². The zero-order valence-corrected chi connectivity index (χ0v) is 15.8. The lowest BCUT2D eigenvalue weighted by Gasteiger charge is -2.13. The number of nitrogens with zero attached hydrogens (tertiary/aromatic N) is 2. The van der Waals surface area contributed by atoms with Crippen molar-refractivity contribution in [1.82, 2.24) is 9.38 Å². The minimum absolute atomic E-state index is 0.367. The number of pyridine rings is 1. The Bertz CT molecular complexity index is 945. The van der Waals surface area contributed by atoms with Crippen LogP contribution >= 0.6 is 15.9 Å². The molecule has 3 rings (SSSR count). The summed E-state index contributed by atoms with van der Waals surface area (Å²) < 4.78 is 8.00. The summed E-state index contributed by atoms with van der Waals surface area (Å²) in [7, 11) is 0. The normalized spacial score (nSPS) is 10.9. The molecule has 0 fully saturated rings. The first kappa shape index (κ1) is 17.3. The highest BCUT2D eigenvalue weighted by atomic mass is 79.9. The monoisotopic (exact) mass is 402 g/mol. The molecular weight excluding hydrogens is 384 g/mol. The number of anilines is 1. The third-order valence-corrected chi connectivity index (χ3v) is 4.94. The van der Waals surface area contributed by atoms with Crippen LogP contribution in [0.15, 0.2) is 34.9 Å². The molecule has 0 atom stereocenters. The number of fused-ring (bicyclic) bond motifs is 1. The fraction of sp³-hybridized carbons (Fsp3) is 0.222. The van der Waals surface area contributed by atoms with Crippen LogP contribution in [0, 0.1) is 20.8 Å². The molecule has 3 aromatic rings. The summed E-state index contributed by atoms with van der Waals surface area (Å²) in [6, 6.07) is 7.81. The smallest absolute Gasteiger partial charge is 0.409 e. The van der Waals surface area contributed by atoms with Crippen molar-refractivity contribution in [3.05, 3.63) is 57.4 Å². The van der Waals surface area contributed by atoms with Crippen molar-refractivity contribution in [1.29, 1.82) is 0 Å². The Kier molecular flexibility index (Phi) is 4.67. The number of carbonyl (C=O) groups excluding carboxylic acids is 1. The molecule has 0 aliphatic carbocycles. The maximum absolute atomic E-state index is 11.1. The van der Waals surface area contributed by atoms with Gasteiger partial charge in [0.1, 0.15) is 0 Å². The molecule has 3 N–H and O–H groups in total. The second kappa shape index (κ2) is 6.76. The van der Waals surface area contributed by atoms with Gasteiger partial charge in [0.2, 0.25) is 0 Å². The summed E-state index contributed by atoms with van der Waals surface area (Å²) in [6.07, 6.45) is 0.867. The van der Waals surface area contributed by atoms with E-state index in [2.05, 4.69) is 39.2 Å². The van der Waals surface area contributed by atoms with Crippen LogP contribution in [0.2, 0.25) is 0 Å². The van der Waals surface area contributed by atoms with E-state index in [1.165, 1.54) is 5.56 Å². The quantitative estimate of drug-likeness (QED) is 0.688. The Labute approximate surface area is 154 Å². The summed E-state index contributed by atoms with van der Waals surface area (Å²) in [5, 5.41) is 3.39. The molecule has 25 heavy (non-hydrogen) atoms. The van der Waals surface area contributed by atoms with Crippen LogP contribution < -0.4 is 15.8 Å². The zero-order valence-electron chi connectivity index (χ0n) is 14.3. The van der Waals surface area contributed by atoms with Gasteiger partial charge in [0.25, 0.3) is 0 Å². The molecule has 2 aromatic heterocycles. The SMILES string of the molecule is Cc1cccc(Br)c1CNc1cc(OC(N)=O)cn2c(C)c(C)nc12. The number of benzene rings is 1. The number of halogens is 1. The Morgan fingerprint density at radius 2 is 2.12 bits per heavy atom. The van der Waals surface area contributed by atoms with Crippen molar-refractivity contribution in [3.63, 3.8) is 0 Å². The topological polar surface area (TPSA) is 81.6 Å². The number of hydrogen-bond donors (Lipinski definition) is 2. The Morgan fingerprint density at radius 3 is 2.80 bits per heavy atom. The van der Waals surface area contributed by atoms with Gasteiger partial charge < -0.3 is 15.8 Å². The number of amides is 1. The highest BCUT2D eigenvalue weighted by Gasteiger charge is 2.13. The summed E-state index contributed by atoms with van der Waals surface area (Å²) in [6.45, 7) is 6.57. The van der Waals surface area contributed by atoms with Crippen LogP contribution in [0.5, 0.6) is 5.75 Å². The highest BCUT2D eigenvalue weighted by molar-refractivity contribution is 9.10. The standard InChI is InChI=1S/C18H19BrN4O2/c1-10-5-4-6-15(19)14(10)8-21-16-7-13(25-18(20)24)9-23-12(3)11(2)22-17(16)23/h4-7,9,21H,8H2,1-3H3,(H2,20,24). The molecule has 2 heterocycles. The van der Waals surface area contributed by atoms with Gasteiger partial charge in [-0.3, -0.25) is 4.40 Å². The first-order chi connectivity index (χ1) is 11.9. The van der Waals surface area contributed by atoms with E-state index in [9.17, 15) is 4.79 Å². The summed E-state index contributed by atoms with van der Waals surface area (Å²) in [5.74, 6) is 0.367. The van der Waals surface area contributed by atoms with Crippen molar-refractivity contribution in [2.24, 2.45) is 5.73 Å². The van der Waals surface area contributed by atoms with Gasteiger partial charge >= 0.3 is 6.09 Å². The highest BCUT2D eigenvalue weighted by Crippen LogP contribution is 2.27. The van der Waals surface area contributed by atoms with Crippen molar-refractivity contribution >= 4 is 33.4 Å². The lowest BCUT2D eigenvalue weighted by Crippen LogP contribution is -2.16. The molecule has 0 aliphatic rings. The number of nitrogens with two attached hydrogens (primary N) is 1.